The predicted molar refractivity (Wildman–Crippen MR) is 82.8 cm³/mol. The first-order valence-electron chi connectivity index (χ1n) is 6.58. The van der Waals surface area contributed by atoms with Gasteiger partial charge in [-0.2, -0.15) is 0 Å². The molecule has 0 spiro atoms. The van der Waals surface area contributed by atoms with Gasteiger partial charge >= 0.3 is 0 Å². The standard InChI is InChI=1S/C14H17ClF2N2O2.ClH/c1-21-12(9-2-4-10(15)5-3-9)7-18-13(20)11-6-14(16,17)8-19-11;/h2-5,11-12,19H,6-8H2,1H3,(H,18,20);1H. The minimum Gasteiger partial charge on any atom is -0.375 e. The first-order valence-corrected chi connectivity index (χ1v) is 6.96. The van der Waals surface area contributed by atoms with Crippen molar-refractivity contribution in [3.63, 3.8) is 0 Å². The van der Waals surface area contributed by atoms with Crippen LogP contribution in [0, 0.1) is 0 Å². The lowest BCUT2D eigenvalue weighted by Gasteiger charge is -2.18. The van der Waals surface area contributed by atoms with Crippen LogP contribution >= 0.6 is 24.0 Å². The number of ether oxygens (including phenoxy) is 1. The van der Waals surface area contributed by atoms with Crippen molar-refractivity contribution in [1.82, 2.24) is 10.6 Å². The Morgan fingerprint density at radius 2 is 2.14 bits per heavy atom. The largest absolute Gasteiger partial charge is 0.375 e. The van der Waals surface area contributed by atoms with E-state index in [1.807, 2.05) is 0 Å². The van der Waals surface area contributed by atoms with Gasteiger partial charge in [0.25, 0.3) is 5.92 Å². The van der Waals surface area contributed by atoms with Gasteiger partial charge in [0.15, 0.2) is 0 Å². The Morgan fingerprint density at radius 1 is 1.50 bits per heavy atom. The van der Waals surface area contributed by atoms with Crippen molar-refractivity contribution in [2.24, 2.45) is 0 Å². The summed E-state index contributed by atoms with van der Waals surface area (Å²) in [5.74, 6) is -3.26. The summed E-state index contributed by atoms with van der Waals surface area (Å²) in [7, 11) is 1.52. The second-order valence-electron chi connectivity index (χ2n) is 5.01. The molecule has 0 bridgehead atoms. The molecule has 0 saturated carbocycles. The Labute approximate surface area is 139 Å². The number of amides is 1. The van der Waals surface area contributed by atoms with Crippen LogP contribution < -0.4 is 10.6 Å². The molecule has 2 atom stereocenters. The molecule has 124 valence electrons. The van der Waals surface area contributed by atoms with E-state index < -0.39 is 30.8 Å². The maximum Gasteiger partial charge on any atom is 0.262 e. The summed E-state index contributed by atoms with van der Waals surface area (Å²) in [6.45, 7) is -0.253. The highest BCUT2D eigenvalue weighted by Crippen LogP contribution is 2.25. The lowest BCUT2D eigenvalue weighted by atomic mass is 10.1. The summed E-state index contributed by atoms with van der Waals surface area (Å²) in [4.78, 5) is 11.9. The Kier molecular flexibility index (Phi) is 6.99. The lowest BCUT2D eigenvalue weighted by molar-refractivity contribution is -0.124. The molecule has 1 aromatic rings. The van der Waals surface area contributed by atoms with Gasteiger partial charge in [0.05, 0.1) is 18.7 Å². The monoisotopic (exact) mass is 354 g/mol. The summed E-state index contributed by atoms with van der Waals surface area (Å²) in [5, 5.41) is 5.76. The molecule has 1 saturated heterocycles. The second-order valence-corrected chi connectivity index (χ2v) is 5.45. The van der Waals surface area contributed by atoms with Crippen LogP contribution in [0.25, 0.3) is 0 Å². The number of methoxy groups -OCH3 is 1. The predicted octanol–water partition coefficient (Wildman–Crippen LogP) is 2.56. The van der Waals surface area contributed by atoms with Gasteiger partial charge in [-0.15, -0.1) is 12.4 Å². The highest BCUT2D eigenvalue weighted by atomic mass is 35.5. The molecular formula is C14H18Cl2F2N2O2. The molecule has 2 unspecified atom stereocenters. The molecule has 1 amide bonds. The van der Waals surface area contributed by atoms with Gasteiger partial charge in [0.1, 0.15) is 0 Å². The third-order valence-corrected chi connectivity index (χ3v) is 3.67. The van der Waals surface area contributed by atoms with Crippen LogP contribution in [0.2, 0.25) is 5.02 Å². The normalized spacial score (nSPS) is 21.0. The van der Waals surface area contributed by atoms with Crippen molar-refractivity contribution < 1.29 is 18.3 Å². The second kappa shape index (κ2) is 8.06. The number of alkyl halides is 2. The van der Waals surface area contributed by atoms with E-state index in [4.69, 9.17) is 16.3 Å². The van der Waals surface area contributed by atoms with Crippen molar-refractivity contribution >= 4 is 29.9 Å². The highest BCUT2D eigenvalue weighted by molar-refractivity contribution is 6.30. The highest BCUT2D eigenvalue weighted by Gasteiger charge is 2.42. The van der Waals surface area contributed by atoms with Crippen molar-refractivity contribution in [2.75, 3.05) is 20.2 Å². The average Bonchev–Trinajstić information content (AvgIpc) is 2.81. The topological polar surface area (TPSA) is 50.4 Å². The molecule has 1 fully saturated rings. The zero-order chi connectivity index (χ0) is 15.5. The number of rotatable bonds is 5. The van der Waals surface area contributed by atoms with Gasteiger partial charge < -0.3 is 10.1 Å². The van der Waals surface area contributed by atoms with Crippen LogP contribution in [0.3, 0.4) is 0 Å². The first kappa shape index (κ1) is 19.1. The van der Waals surface area contributed by atoms with E-state index in [1.165, 1.54) is 7.11 Å². The number of hydrogen-bond acceptors (Lipinski definition) is 3. The number of halogens is 4. The molecule has 1 heterocycles. The van der Waals surface area contributed by atoms with Crippen LogP contribution in [0.1, 0.15) is 18.1 Å². The van der Waals surface area contributed by atoms with Crippen molar-refractivity contribution in [2.45, 2.75) is 24.5 Å². The molecular weight excluding hydrogens is 337 g/mol. The van der Waals surface area contributed by atoms with Gasteiger partial charge in [-0.05, 0) is 17.7 Å². The third kappa shape index (κ3) is 5.05. The van der Waals surface area contributed by atoms with Gasteiger partial charge in [-0.1, -0.05) is 23.7 Å². The quantitative estimate of drug-likeness (QED) is 0.854. The van der Waals surface area contributed by atoms with E-state index in [2.05, 4.69) is 10.6 Å². The maximum atomic E-state index is 13.0. The van der Waals surface area contributed by atoms with Crippen molar-refractivity contribution in [3.8, 4) is 0 Å². The lowest BCUT2D eigenvalue weighted by Crippen LogP contribution is -2.42. The number of nitrogens with one attached hydrogen (secondary N) is 2. The minimum absolute atomic E-state index is 0. The molecule has 22 heavy (non-hydrogen) atoms. The van der Waals surface area contributed by atoms with Crippen molar-refractivity contribution in [1.29, 1.82) is 0 Å². The first-order chi connectivity index (χ1) is 9.91. The summed E-state index contributed by atoms with van der Waals surface area (Å²) in [5.41, 5.74) is 0.854. The fourth-order valence-corrected chi connectivity index (χ4v) is 2.36. The number of hydrogen-bond donors (Lipinski definition) is 2. The maximum absolute atomic E-state index is 13.0. The summed E-state index contributed by atoms with van der Waals surface area (Å²) in [6, 6.07) is 6.19. The molecule has 2 N–H and O–H groups in total. The Balaban J connectivity index is 0.00000242. The van der Waals surface area contributed by atoms with Gasteiger partial charge in [0, 0.05) is 25.1 Å². The number of carbonyl (C=O) groups is 1. The van der Waals surface area contributed by atoms with E-state index in [0.29, 0.717) is 5.02 Å². The minimum atomic E-state index is -2.82. The zero-order valence-corrected chi connectivity index (χ0v) is 13.5. The van der Waals surface area contributed by atoms with Crippen LogP contribution in [-0.2, 0) is 9.53 Å². The molecule has 0 radical (unpaired) electrons. The Bertz CT molecular complexity index is 500. The van der Waals surface area contributed by atoms with Crippen LogP contribution in [0.4, 0.5) is 8.78 Å². The fourth-order valence-electron chi connectivity index (χ4n) is 2.23. The van der Waals surface area contributed by atoms with E-state index in [-0.39, 0.29) is 25.1 Å². The van der Waals surface area contributed by atoms with E-state index in [9.17, 15) is 13.6 Å². The van der Waals surface area contributed by atoms with Crippen LogP contribution in [0.5, 0.6) is 0 Å². The average molecular weight is 355 g/mol. The number of carbonyl (C=O) groups excluding carboxylic acids is 1. The van der Waals surface area contributed by atoms with Gasteiger partial charge in [0.2, 0.25) is 5.91 Å². The van der Waals surface area contributed by atoms with Crippen LogP contribution in [-0.4, -0.2) is 38.1 Å². The summed E-state index contributed by atoms with van der Waals surface area (Å²) < 4.78 is 31.4. The number of benzene rings is 1. The molecule has 0 aliphatic carbocycles. The molecule has 0 aromatic heterocycles. The SMILES string of the molecule is COC(CNC(=O)C1CC(F)(F)CN1)c1ccc(Cl)cc1.Cl. The van der Waals surface area contributed by atoms with E-state index in [0.717, 1.165) is 5.56 Å². The third-order valence-electron chi connectivity index (χ3n) is 3.41. The van der Waals surface area contributed by atoms with Gasteiger partial charge in [-0.25, -0.2) is 8.78 Å². The Morgan fingerprint density at radius 3 is 2.64 bits per heavy atom. The van der Waals surface area contributed by atoms with Crippen molar-refractivity contribution in [3.05, 3.63) is 34.9 Å². The molecule has 4 nitrogen and oxygen atoms in total. The zero-order valence-electron chi connectivity index (χ0n) is 11.9. The smallest absolute Gasteiger partial charge is 0.262 e. The summed E-state index contributed by atoms with van der Waals surface area (Å²) >= 11 is 5.81. The molecule has 1 aromatic carbocycles. The van der Waals surface area contributed by atoms with Gasteiger partial charge in [-0.3, -0.25) is 10.1 Å². The molecule has 2 rings (SSSR count). The molecule has 1 aliphatic heterocycles. The van der Waals surface area contributed by atoms with Crippen LogP contribution in [0.15, 0.2) is 24.3 Å². The van der Waals surface area contributed by atoms with E-state index in [1.54, 1.807) is 24.3 Å². The Hall–Kier alpha value is -0.950. The van der Waals surface area contributed by atoms with E-state index >= 15 is 0 Å². The summed E-state index contributed by atoms with van der Waals surface area (Å²) in [6.07, 6.45) is -0.828. The molecule has 1 aliphatic rings. The molecule has 8 heteroatoms. The fraction of sp³-hybridized carbons (Fsp3) is 0.500.